The van der Waals surface area contributed by atoms with Gasteiger partial charge in [-0.05, 0) is 53.0 Å². The molecule has 4 heteroatoms. The Kier molecular flexibility index (Phi) is 3.70. The minimum atomic E-state index is 0.225. The van der Waals surface area contributed by atoms with Gasteiger partial charge >= 0.3 is 0 Å². The molecule has 2 fully saturated rings. The molecule has 0 amide bonds. The summed E-state index contributed by atoms with van der Waals surface area (Å²) in [5.74, 6) is 0.771. The molecule has 1 N–H and O–H groups in total. The number of nitrogens with one attached hydrogen (secondary N) is 1. The topological polar surface area (TPSA) is 37.3 Å². The molecule has 2 aliphatic carbocycles. The first kappa shape index (κ1) is 16.9. The summed E-state index contributed by atoms with van der Waals surface area (Å²) in [6.45, 7) is 7.21. The van der Waals surface area contributed by atoms with Crippen LogP contribution in [-0.2, 0) is 0 Å². The molecular weight excluding hydrogens is 350 g/mol. The normalized spacial score (nSPS) is 27.5. The number of hydrogen-bond acceptors (Lipinski definition) is 4. The van der Waals surface area contributed by atoms with E-state index in [-0.39, 0.29) is 5.41 Å². The second-order valence-electron chi connectivity index (χ2n) is 8.76. The van der Waals surface area contributed by atoms with Crippen LogP contribution in [0.25, 0.3) is 21.2 Å². The van der Waals surface area contributed by atoms with E-state index in [9.17, 15) is 0 Å². The third-order valence-electron chi connectivity index (χ3n) is 7.34. The highest BCUT2D eigenvalue weighted by Gasteiger charge is 2.59. The Labute approximate surface area is 164 Å². The van der Waals surface area contributed by atoms with E-state index in [4.69, 9.17) is 5.10 Å². The lowest BCUT2D eigenvalue weighted by Gasteiger charge is -2.34. The Morgan fingerprint density at radius 3 is 2.67 bits per heavy atom. The highest BCUT2D eigenvalue weighted by Crippen LogP contribution is 2.63. The number of thiazole rings is 1. The summed E-state index contributed by atoms with van der Waals surface area (Å²) in [6.07, 6.45) is 5.67. The van der Waals surface area contributed by atoms with Gasteiger partial charge in [0.05, 0.1) is 4.88 Å². The van der Waals surface area contributed by atoms with Gasteiger partial charge in [0.15, 0.2) is 0 Å². The second kappa shape index (κ2) is 5.90. The SMILES string of the molecule is CC12CCC(CC1=NNc1ncc(-c3ccc4ccccc4c3)s1)C2(C)C. The van der Waals surface area contributed by atoms with Gasteiger partial charge in [0, 0.05) is 17.3 Å². The van der Waals surface area contributed by atoms with Crippen molar-refractivity contribution >= 4 is 33.0 Å². The Morgan fingerprint density at radius 1 is 1.11 bits per heavy atom. The van der Waals surface area contributed by atoms with Crippen LogP contribution in [0.1, 0.15) is 40.0 Å². The smallest absolute Gasteiger partial charge is 0.203 e. The first-order valence-electron chi connectivity index (χ1n) is 9.75. The van der Waals surface area contributed by atoms with E-state index in [1.807, 2.05) is 6.20 Å². The third-order valence-corrected chi connectivity index (χ3v) is 8.29. The monoisotopic (exact) mass is 375 g/mol. The number of hydrogen-bond donors (Lipinski definition) is 1. The van der Waals surface area contributed by atoms with E-state index in [0.717, 1.165) is 17.5 Å². The molecule has 2 atom stereocenters. The molecule has 3 aromatic rings. The molecule has 0 radical (unpaired) electrons. The molecule has 5 rings (SSSR count). The van der Waals surface area contributed by atoms with Crippen molar-refractivity contribution in [1.82, 2.24) is 4.98 Å². The molecule has 2 bridgehead atoms. The van der Waals surface area contributed by atoms with Gasteiger partial charge in [0.25, 0.3) is 0 Å². The fourth-order valence-electron chi connectivity index (χ4n) is 5.01. The number of nitrogens with zero attached hydrogens (tertiary/aromatic N) is 2. The van der Waals surface area contributed by atoms with Gasteiger partial charge in [-0.25, -0.2) is 4.98 Å². The average Bonchev–Trinajstić information content (AvgIpc) is 3.28. The van der Waals surface area contributed by atoms with Crippen molar-refractivity contribution < 1.29 is 0 Å². The van der Waals surface area contributed by atoms with Crippen LogP contribution in [0.3, 0.4) is 0 Å². The summed E-state index contributed by atoms with van der Waals surface area (Å²) in [7, 11) is 0. The molecule has 0 saturated heterocycles. The van der Waals surface area contributed by atoms with E-state index in [2.05, 4.69) is 73.6 Å². The zero-order valence-electron chi connectivity index (χ0n) is 16.1. The molecule has 1 aromatic heterocycles. The first-order chi connectivity index (χ1) is 13.0. The lowest BCUT2D eigenvalue weighted by Crippen LogP contribution is -2.32. The van der Waals surface area contributed by atoms with Crippen molar-refractivity contribution in [1.29, 1.82) is 0 Å². The number of anilines is 1. The summed E-state index contributed by atoms with van der Waals surface area (Å²) in [4.78, 5) is 5.72. The lowest BCUT2D eigenvalue weighted by molar-refractivity contribution is 0.194. The van der Waals surface area contributed by atoms with Crippen molar-refractivity contribution in [3.05, 3.63) is 48.7 Å². The summed E-state index contributed by atoms with van der Waals surface area (Å²) in [5.41, 5.74) is 6.37. The Morgan fingerprint density at radius 2 is 1.93 bits per heavy atom. The van der Waals surface area contributed by atoms with Crippen molar-refractivity contribution in [2.75, 3.05) is 5.43 Å². The maximum Gasteiger partial charge on any atom is 0.203 e. The summed E-state index contributed by atoms with van der Waals surface area (Å²) >= 11 is 1.67. The molecule has 2 saturated carbocycles. The van der Waals surface area contributed by atoms with Crippen LogP contribution in [0.5, 0.6) is 0 Å². The van der Waals surface area contributed by atoms with E-state index in [1.165, 1.54) is 39.8 Å². The van der Waals surface area contributed by atoms with Crippen molar-refractivity contribution in [2.24, 2.45) is 21.8 Å². The molecule has 0 aliphatic heterocycles. The Hall–Kier alpha value is -2.20. The van der Waals surface area contributed by atoms with Crippen LogP contribution in [-0.4, -0.2) is 10.7 Å². The maximum atomic E-state index is 4.82. The van der Waals surface area contributed by atoms with Gasteiger partial charge in [0.1, 0.15) is 0 Å². The fourth-order valence-corrected chi connectivity index (χ4v) is 5.77. The van der Waals surface area contributed by atoms with Crippen molar-refractivity contribution in [3.8, 4) is 10.4 Å². The zero-order valence-corrected chi connectivity index (χ0v) is 16.9. The van der Waals surface area contributed by atoms with Gasteiger partial charge in [-0.3, -0.25) is 5.43 Å². The third kappa shape index (κ3) is 2.53. The standard InChI is InChI=1S/C23H25N3S/c1-22(2)18-10-11-23(22,3)20(13-18)25-26-21-24-14-19(27-21)17-9-8-15-6-4-5-7-16(15)12-17/h4-9,12,14,18H,10-11,13H2,1-3H3,(H,24,26). The molecular formula is C23H25N3S. The molecule has 2 aliphatic rings. The van der Waals surface area contributed by atoms with Gasteiger partial charge in [-0.15, -0.1) is 0 Å². The Balaban J connectivity index is 1.38. The molecule has 138 valence electrons. The highest BCUT2D eigenvalue weighted by atomic mass is 32.1. The van der Waals surface area contributed by atoms with E-state index in [1.54, 1.807) is 11.3 Å². The summed E-state index contributed by atoms with van der Waals surface area (Å²) in [5, 5.41) is 8.21. The molecule has 2 unspecified atom stereocenters. The lowest BCUT2D eigenvalue weighted by atomic mass is 9.70. The predicted molar refractivity (Wildman–Crippen MR) is 115 cm³/mol. The van der Waals surface area contributed by atoms with Gasteiger partial charge in [-0.2, -0.15) is 5.10 Å². The second-order valence-corrected chi connectivity index (χ2v) is 9.79. The van der Waals surface area contributed by atoms with Crippen LogP contribution in [0.15, 0.2) is 53.8 Å². The maximum absolute atomic E-state index is 4.82. The summed E-state index contributed by atoms with van der Waals surface area (Å²) < 4.78 is 0. The van der Waals surface area contributed by atoms with E-state index < -0.39 is 0 Å². The van der Waals surface area contributed by atoms with Crippen LogP contribution in [0, 0.1) is 16.7 Å². The molecule has 3 nitrogen and oxygen atoms in total. The number of benzene rings is 2. The molecule has 27 heavy (non-hydrogen) atoms. The van der Waals surface area contributed by atoms with Gasteiger partial charge in [-0.1, -0.05) is 68.5 Å². The quantitative estimate of drug-likeness (QED) is 0.525. The minimum absolute atomic E-state index is 0.225. The summed E-state index contributed by atoms with van der Waals surface area (Å²) in [6, 6.07) is 15.0. The van der Waals surface area contributed by atoms with E-state index >= 15 is 0 Å². The zero-order chi connectivity index (χ0) is 18.6. The molecule has 0 spiro atoms. The van der Waals surface area contributed by atoms with Crippen LogP contribution in [0.4, 0.5) is 5.13 Å². The average molecular weight is 376 g/mol. The Bertz CT molecular complexity index is 1050. The first-order valence-corrected chi connectivity index (χ1v) is 10.6. The molecule has 1 heterocycles. The number of aromatic nitrogens is 1. The molecule has 2 aromatic carbocycles. The van der Waals surface area contributed by atoms with Gasteiger partial charge < -0.3 is 0 Å². The number of fused-ring (bicyclic) bond motifs is 3. The minimum Gasteiger partial charge on any atom is -0.253 e. The predicted octanol–water partition coefficient (Wildman–Crippen LogP) is 6.58. The largest absolute Gasteiger partial charge is 0.253 e. The number of hydrazone groups is 1. The van der Waals surface area contributed by atoms with Crippen molar-refractivity contribution in [3.63, 3.8) is 0 Å². The van der Waals surface area contributed by atoms with Crippen LogP contribution >= 0.6 is 11.3 Å². The number of rotatable bonds is 3. The van der Waals surface area contributed by atoms with E-state index in [0.29, 0.717) is 5.41 Å². The van der Waals surface area contributed by atoms with Crippen molar-refractivity contribution in [2.45, 2.75) is 40.0 Å². The van der Waals surface area contributed by atoms with Gasteiger partial charge in [0.2, 0.25) is 5.13 Å². The van der Waals surface area contributed by atoms with Crippen LogP contribution in [0.2, 0.25) is 0 Å². The highest BCUT2D eigenvalue weighted by molar-refractivity contribution is 7.18. The fraction of sp³-hybridized carbons (Fsp3) is 0.391. The van der Waals surface area contributed by atoms with Crippen LogP contribution < -0.4 is 5.43 Å².